The summed E-state index contributed by atoms with van der Waals surface area (Å²) in [7, 11) is 0. The molecule has 1 rings (SSSR count). The second kappa shape index (κ2) is 6.88. The lowest BCUT2D eigenvalue weighted by Gasteiger charge is -2.18. The first kappa shape index (κ1) is 15.2. The molecule has 0 amide bonds. The van der Waals surface area contributed by atoms with Crippen LogP contribution in [-0.2, 0) is 6.18 Å². The third-order valence-corrected chi connectivity index (χ3v) is 3.13. The topological polar surface area (TPSA) is 12.0 Å². The Hall–Kier alpha value is -0.900. The van der Waals surface area contributed by atoms with Crippen molar-refractivity contribution < 1.29 is 13.2 Å². The molecule has 0 spiro atoms. The van der Waals surface area contributed by atoms with Crippen LogP contribution >= 0.6 is 11.6 Å². The minimum Gasteiger partial charge on any atom is -0.384 e. The Kier molecular flexibility index (Phi) is 5.79. The molecule has 5 heteroatoms. The van der Waals surface area contributed by atoms with E-state index in [1.54, 1.807) is 6.07 Å². The number of anilines is 1. The fourth-order valence-corrected chi connectivity index (χ4v) is 2.05. The molecule has 0 heterocycles. The number of nitrogens with one attached hydrogen (secondary N) is 1. The smallest absolute Gasteiger partial charge is 0.384 e. The summed E-state index contributed by atoms with van der Waals surface area (Å²) in [6.45, 7) is 2.52. The molecule has 0 aliphatic heterocycles. The summed E-state index contributed by atoms with van der Waals surface area (Å²) in [5.41, 5.74) is -0.483. The highest BCUT2D eigenvalue weighted by Gasteiger charge is 2.33. The van der Waals surface area contributed by atoms with Crippen molar-refractivity contribution in [1.82, 2.24) is 0 Å². The number of rotatable bonds is 6. The number of hydrogen-bond donors (Lipinski definition) is 1. The zero-order valence-electron chi connectivity index (χ0n) is 10.2. The van der Waals surface area contributed by atoms with Crippen LogP contribution in [0.5, 0.6) is 0 Å². The van der Waals surface area contributed by atoms with Crippen LogP contribution in [0.25, 0.3) is 0 Å². The molecule has 0 aliphatic rings. The summed E-state index contributed by atoms with van der Waals surface area (Å²) >= 11 is 5.65. The van der Waals surface area contributed by atoms with Gasteiger partial charge < -0.3 is 5.32 Å². The van der Waals surface area contributed by atoms with Crippen LogP contribution in [0, 0.1) is 5.92 Å². The fourth-order valence-electron chi connectivity index (χ4n) is 1.74. The lowest BCUT2D eigenvalue weighted by molar-refractivity contribution is -0.136. The van der Waals surface area contributed by atoms with E-state index in [-0.39, 0.29) is 5.69 Å². The van der Waals surface area contributed by atoms with Gasteiger partial charge in [-0.2, -0.15) is 13.2 Å². The van der Waals surface area contributed by atoms with Gasteiger partial charge in [-0.05, 0) is 24.5 Å². The number of para-hydroxylation sites is 1. The number of halogens is 4. The van der Waals surface area contributed by atoms with Gasteiger partial charge in [0, 0.05) is 18.1 Å². The highest BCUT2D eigenvalue weighted by molar-refractivity contribution is 6.17. The van der Waals surface area contributed by atoms with Crippen molar-refractivity contribution in [2.75, 3.05) is 17.7 Å². The molecule has 0 aromatic heterocycles. The minimum absolute atomic E-state index is 0.137. The second-order valence-corrected chi connectivity index (χ2v) is 4.55. The summed E-state index contributed by atoms with van der Waals surface area (Å²) in [6, 6.07) is 5.53. The molecule has 1 unspecified atom stereocenters. The number of alkyl halides is 4. The van der Waals surface area contributed by atoms with Crippen molar-refractivity contribution in [3.63, 3.8) is 0 Å². The standard InChI is InChI=1S/C13H17ClF3N/c1-2-10(7-8-14)9-18-12-6-4-3-5-11(12)13(15,16)17/h3-6,10,18H,2,7-9H2,1H3. The molecule has 0 aliphatic carbocycles. The molecule has 1 aromatic rings. The first-order valence-electron chi connectivity index (χ1n) is 5.95. The Morgan fingerprint density at radius 3 is 2.50 bits per heavy atom. The maximum atomic E-state index is 12.7. The summed E-state index contributed by atoms with van der Waals surface area (Å²) in [5, 5.41) is 2.88. The van der Waals surface area contributed by atoms with Crippen molar-refractivity contribution in [2.24, 2.45) is 5.92 Å². The quantitative estimate of drug-likeness (QED) is 0.740. The summed E-state index contributed by atoms with van der Waals surface area (Å²) in [5.74, 6) is 0.824. The van der Waals surface area contributed by atoms with Crippen molar-refractivity contribution in [2.45, 2.75) is 25.9 Å². The molecule has 1 atom stereocenters. The average molecular weight is 280 g/mol. The largest absolute Gasteiger partial charge is 0.418 e. The van der Waals surface area contributed by atoms with Gasteiger partial charge in [0.1, 0.15) is 0 Å². The molecule has 0 radical (unpaired) electrons. The van der Waals surface area contributed by atoms with Crippen LogP contribution in [0.1, 0.15) is 25.3 Å². The predicted octanol–water partition coefficient (Wildman–Crippen LogP) is 4.77. The normalized spacial score (nSPS) is 13.4. The number of hydrogen-bond acceptors (Lipinski definition) is 1. The Labute approximate surface area is 110 Å². The van der Waals surface area contributed by atoms with E-state index in [2.05, 4.69) is 5.32 Å². The minimum atomic E-state index is -4.32. The van der Waals surface area contributed by atoms with E-state index in [0.29, 0.717) is 18.3 Å². The average Bonchev–Trinajstić information content (AvgIpc) is 2.33. The second-order valence-electron chi connectivity index (χ2n) is 4.18. The van der Waals surface area contributed by atoms with Crippen molar-refractivity contribution in [1.29, 1.82) is 0 Å². The predicted molar refractivity (Wildman–Crippen MR) is 69.1 cm³/mol. The van der Waals surface area contributed by atoms with Crippen molar-refractivity contribution >= 4 is 17.3 Å². The molecule has 0 bridgehead atoms. The van der Waals surface area contributed by atoms with Gasteiger partial charge in [0.05, 0.1) is 5.56 Å². The van der Waals surface area contributed by atoms with E-state index < -0.39 is 11.7 Å². The Bertz CT molecular complexity index is 365. The van der Waals surface area contributed by atoms with Gasteiger partial charge in [0.2, 0.25) is 0 Å². The van der Waals surface area contributed by atoms with Gasteiger partial charge >= 0.3 is 6.18 Å². The molecule has 102 valence electrons. The molecule has 1 aromatic carbocycles. The molecule has 1 N–H and O–H groups in total. The summed E-state index contributed by atoms with van der Waals surface area (Å²) in [4.78, 5) is 0. The Balaban J connectivity index is 2.73. The Morgan fingerprint density at radius 1 is 1.28 bits per heavy atom. The molecule has 1 nitrogen and oxygen atoms in total. The van der Waals surface area contributed by atoms with Gasteiger partial charge in [-0.25, -0.2) is 0 Å². The van der Waals surface area contributed by atoms with Gasteiger partial charge in [0.15, 0.2) is 0 Å². The van der Waals surface area contributed by atoms with Crippen LogP contribution in [0.15, 0.2) is 24.3 Å². The van der Waals surface area contributed by atoms with Gasteiger partial charge in [-0.3, -0.25) is 0 Å². The van der Waals surface area contributed by atoms with Gasteiger partial charge in [-0.15, -0.1) is 11.6 Å². The molecular weight excluding hydrogens is 263 g/mol. The zero-order valence-corrected chi connectivity index (χ0v) is 11.0. The molecule has 0 saturated carbocycles. The summed E-state index contributed by atoms with van der Waals surface area (Å²) in [6.07, 6.45) is -2.62. The van der Waals surface area contributed by atoms with E-state index in [0.717, 1.165) is 18.9 Å². The van der Waals surface area contributed by atoms with Gasteiger partial charge in [0.25, 0.3) is 0 Å². The van der Waals surface area contributed by atoms with E-state index in [1.165, 1.54) is 12.1 Å². The lowest BCUT2D eigenvalue weighted by atomic mass is 10.0. The zero-order chi connectivity index (χ0) is 13.6. The number of benzene rings is 1. The van der Waals surface area contributed by atoms with Crippen LogP contribution in [-0.4, -0.2) is 12.4 Å². The van der Waals surface area contributed by atoms with Gasteiger partial charge in [-0.1, -0.05) is 25.5 Å². The van der Waals surface area contributed by atoms with E-state index >= 15 is 0 Å². The van der Waals surface area contributed by atoms with Crippen LogP contribution in [0.2, 0.25) is 0 Å². The fraction of sp³-hybridized carbons (Fsp3) is 0.538. The highest BCUT2D eigenvalue weighted by atomic mass is 35.5. The third kappa shape index (κ3) is 4.41. The third-order valence-electron chi connectivity index (χ3n) is 2.91. The maximum absolute atomic E-state index is 12.7. The first-order valence-corrected chi connectivity index (χ1v) is 6.48. The van der Waals surface area contributed by atoms with Crippen LogP contribution in [0.4, 0.5) is 18.9 Å². The first-order chi connectivity index (χ1) is 8.49. The van der Waals surface area contributed by atoms with Crippen LogP contribution in [0.3, 0.4) is 0 Å². The molecule has 18 heavy (non-hydrogen) atoms. The summed E-state index contributed by atoms with van der Waals surface area (Å²) < 4.78 is 38.2. The lowest BCUT2D eigenvalue weighted by Crippen LogP contribution is -2.17. The highest BCUT2D eigenvalue weighted by Crippen LogP contribution is 2.34. The van der Waals surface area contributed by atoms with E-state index in [4.69, 9.17) is 11.6 Å². The van der Waals surface area contributed by atoms with Crippen molar-refractivity contribution in [3.05, 3.63) is 29.8 Å². The monoisotopic (exact) mass is 279 g/mol. The molecular formula is C13H17ClF3N. The van der Waals surface area contributed by atoms with Crippen LogP contribution < -0.4 is 5.32 Å². The van der Waals surface area contributed by atoms with E-state index in [9.17, 15) is 13.2 Å². The maximum Gasteiger partial charge on any atom is 0.418 e. The molecule has 0 fully saturated rings. The Morgan fingerprint density at radius 2 is 1.94 bits per heavy atom. The molecule has 0 saturated heterocycles. The van der Waals surface area contributed by atoms with Crippen molar-refractivity contribution in [3.8, 4) is 0 Å². The SMILES string of the molecule is CCC(CCCl)CNc1ccccc1C(F)(F)F. The van der Waals surface area contributed by atoms with E-state index in [1.807, 2.05) is 6.92 Å².